The van der Waals surface area contributed by atoms with Gasteiger partial charge in [0.25, 0.3) is 5.91 Å². The van der Waals surface area contributed by atoms with Crippen LogP contribution in [0.4, 0.5) is 5.69 Å². The van der Waals surface area contributed by atoms with Crippen molar-refractivity contribution in [1.82, 2.24) is 19.3 Å². The Morgan fingerprint density at radius 2 is 1.67 bits per heavy atom. The number of rotatable bonds is 11. The molecule has 0 spiro atoms. The second kappa shape index (κ2) is 15.0. The number of carboxylic acids is 1. The molecule has 10 nitrogen and oxygen atoms in total. The van der Waals surface area contributed by atoms with Crippen molar-refractivity contribution in [2.45, 2.75) is 60.1 Å². The minimum atomic E-state index is -1.10. The number of hydrogen-bond donors (Lipinski definition) is 2. The SMILES string of the molecule is Cc1cc(OCCCc2c3n(c4c(-c5c(C)nn(C)c5C)c(Cl)ccc24)C(C)CN(c2cc(OCc4ccccc4)cc4cc(C(=O)O)[nH]c24)C3=O)cc(C)c1Cl. The van der Waals surface area contributed by atoms with Crippen LogP contribution in [-0.4, -0.2) is 49.5 Å². The summed E-state index contributed by atoms with van der Waals surface area (Å²) >= 11 is 13.6. The van der Waals surface area contributed by atoms with Gasteiger partial charge < -0.3 is 29.0 Å². The van der Waals surface area contributed by atoms with Crippen LogP contribution in [0.1, 0.15) is 74.0 Å². The quantitative estimate of drug-likeness (QED) is 0.126. The van der Waals surface area contributed by atoms with Crippen LogP contribution in [-0.2, 0) is 20.1 Å². The Balaban J connectivity index is 1.26. The Hall–Kier alpha value is -5.71. The molecule has 4 heterocycles. The van der Waals surface area contributed by atoms with Gasteiger partial charge >= 0.3 is 5.97 Å². The maximum Gasteiger partial charge on any atom is 0.352 e. The first-order chi connectivity index (χ1) is 27.3. The molecule has 0 radical (unpaired) electrons. The molecule has 0 aliphatic carbocycles. The fraction of sp³-hybridized carbons (Fsp3) is 0.267. The van der Waals surface area contributed by atoms with E-state index in [-0.39, 0.29) is 17.6 Å². The number of hydrogen-bond acceptors (Lipinski definition) is 5. The van der Waals surface area contributed by atoms with Gasteiger partial charge in [0.2, 0.25) is 0 Å². The molecular weight excluding hydrogens is 761 g/mol. The van der Waals surface area contributed by atoms with Gasteiger partial charge in [-0.25, -0.2) is 4.79 Å². The number of H-pyrrole nitrogens is 1. The lowest BCUT2D eigenvalue weighted by molar-refractivity contribution is 0.0691. The average Bonchev–Trinajstić information content (AvgIpc) is 3.84. The highest BCUT2D eigenvalue weighted by atomic mass is 35.5. The Morgan fingerprint density at radius 3 is 2.35 bits per heavy atom. The number of carboxylic acid groups (broad SMARTS) is 1. The molecule has 1 aliphatic heterocycles. The molecule has 292 valence electrons. The van der Waals surface area contributed by atoms with Crippen LogP contribution in [0, 0.1) is 27.7 Å². The molecule has 1 amide bonds. The molecule has 12 heteroatoms. The fourth-order valence-electron chi connectivity index (χ4n) is 8.29. The first-order valence-corrected chi connectivity index (χ1v) is 19.7. The minimum Gasteiger partial charge on any atom is -0.494 e. The van der Waals surface area contributed by atoms with E-state index in [2.05, 4.69) is 16.5 Å². The number of carbonyl (C=O) groups is 2. The maximum absolute atomic E-state index is 15.3. The molecule has 7 aromatic rings. The van der Waals surface area contributed by atoms with Gasteiger partial charge in [0.05, 0.1) is 34.0 Å². The summed E-state index contributed by atoms with van der Waals surface area (Å²) in [7, 11) is 1.92. The van der Waals surface area contributed by atoms with E-state index in [1.54, 1.807) is 11.0 Å². The number of halogens is 2. The summed E-state index contributed by atoms with van der Waals surface area (Å²) < 4.78 is 16.5. The maximum atomic E-state index is 15.3. The number of aromatic amines is 1. The number of anilines is 1. The van der Waals surface area contributed by atoms with Crippen molar-refractivity contribution in [3.05, 3.63) is 128 Å². The number of benzene rings is 4. The summed E-state index contributed by atoms with van der Waals surface area (Å²) in [4.78, 5) is 32.3. The summed E-state index contributed by atoms with van der Waals surface area (Å²) in [6.07, 6.45) is 1.17. The topological polar surface area (TPSA) is 115 Å². The third-order valence-electron chi connectivity index (χ3n) is 11.0. The highest BCUT2D eigenvalue weighted by Gasteiger charge is 2.38. The number of aromatic nitrogens is 4. The summed E-state index contributed by atoms with van der Waals surface area (Å²) in [6, 6.07) is 22.6. The molecule has 0 saturated carbocycles. The monoisotopic (exact) mass is 803 g/mol. The van der Waals surface area contributed by atoms with Crippen molar-refractivity contribution in [3.63, 3.8) is 0 Å². The van der Waals surface area contributed by atoms with Gasteiger partial charge in [-0.15, -0.1) is 0 Å². The number of aryl methyl sites for hydroxylation is 5. The van der Waals surface area contributed by atoms with Gasteiger partial charge in [-0.2, -0.15) is 5.10 Å². The van der Waals surface area contributed by atoms with Gasteiger partial charge in [0.15, 0.2) is 0 Å². The summed E-state index contributed by atoms with van der Waals surface area (Å²) in [6.45, 7) is 11.1. The average molecular weight is 805 g/mol. The Kier molecular flexibility index (Phi) is 10.0. The molecule has 2 N–H and O–H groups in total. The van der Waals surface area contributed by atoms with Crippen LogP contribution in [0.25, 0.3) is 32.9 Å². The first kappa shape index (κ1) is 38.2. The third kappa shape index (κ3) is 6.80. The number of nitrogens with one attached hydrogen (secondary N) is 1. The lowest BCUT2D eigenvalue weighted by atomic mass is 9.98. The molecule has 8 rings (SSSR count). The van der Waals surface area contributed by atoms with Gasteiger partial charge in [0, 0.05) is 58.3 Å². The largest absolute Gasteiger partial charge is 0.494 e. The van der Waals surface area contributed by atoms with Crippen molar-refractivity contribution in [2.75, 3.05) is 18.1 Å². The van der Waals surface area contributed by atoms with E-state index in [0.29, 0.717) is 65.7 Å². The number of carbonyl (C=O) groups excluding carboxylic acids is 1. The highest BCUT2D eigenvalue weighted by Crippen LogP contribution is 2.46. The number of nitrogens with zero attached hydrogens (tertiary/aromatic N) is 4. The van der Waals surface area contributed by atoms with Crippen LogP contribution < -0.4 is 14.4 Å². The van der Waals surface area contributed by atoms with E-state index in [9.17, 15) is 9.90 Å². The Bertz CT molecular complexity index is 2710. The molecule has 1 atom stereocenters. The third-order valence-corrected chi connectivity index (χ3v) is 11.9. The standard InChI is InChI=1S/C45H43Cl2N5O5/c1-24-17-31(18-25(2)40(24)47)56-16-10-13-33-34-14-15-35(46)39(38-27(4)49-50(6)28(38)5)42(34)52-26(3)22-51(44(53)43(33)52)37-21-32(57-23-29-11-8-7-9-12-29)19-30-20-36(45(54)55)48-41(30)37/h7-9,11-12,14-15,17-21,26,48H,10,13,16,22-23H2,1-6H3,(H,54,55). The van der Waals surface area contributed by atoms with Crippen LogP contribution in [0.15, 0.2) is 72.8 Å². The van der Waals surface area contributed by atoms with E-state index in [1.807, 2.05) is 106 Å². The predicted molar refractivity (Wildman–Crippen MR) is 226 cm³/mol. The second-order valence-electron chi connectivity index (χ2n) is 14.9. The van der Waals surface area contributed by atoms with Crippen LogP contribution in [0.3, 0.4) is 0 Å². The van der Waals surface area contributed by atoms with Gasteiger partial charge in [-0.3, -0.25) is 9.48 Å². The Labute approximate surface area is 340 Å². The number of ether oxygens (including phenoxy) is 2. The summed E-state index contributed by atoms with van der Waals surface area (Å²) in [5.74, 6) is -0.0405. The highest BCUT2D eigenvalue weighted by molar-refractivity contribution is 6.35. The number of aromatic carboxylic acids is 1. The van der Waals surface area contributed by atoms with Crippen LogP contribution in [0.5, 0.6) is 11.5 Å². The fourth-order valence-corrected chi connectivity index (χ4v) is 8.64. The lowest BCUT2D eigenvalue weighted by Crippen LogP contribution is -2.42. The van der Waals surface area contributed by atoms with E-state index >= 15 is 4.79 Å². The van der Waals surface area contributed by atoms with Crippen molar-refractivity contribution < 1.29 is 24.2 Å². The van der Waals surface area contributed by atoms with E-state index < -0.39 is 5.97 Å². The lowest BCUT2D eigenvalue weighted by Gasteiger charge is -2.34. The molecule has 4 aromatic carbocycles. The smallest absolute Gasteiger partial charge is 0.352 e. The zero-order valence-corrected chi connectivity index (χ0v) is 34.2. The molecule has 0 saturated heterocycles. The second-order valence-corrected chi connectivity index (χ2v) is 15.7. The predicted octanol–water partition coefficient (Wildman–Crippen LogP) is 10.6. The van der Waals surface area contributed by atoms with Crippen molar-refractivity contribution in [2.24, 2.45) is 7.05 Å². The molecule has 0 fully saturated rings. The van der Waals surface area contributed by atoms with E-state index in [4.69, 9.17) is 37.8 Å². The summed E-state index contributed by atoms with van der Waals surface area (Å²) in [5.41, 5.74) is 9.90. The van der Waals surface area contributed by atoms with Gasteiger partial charge in [0.1, 0.15) is 29.5 Å². The molecular formula is C45H43Cl2N5O5. The van der Waals surface area contributed by atoms with E-state index in [0.717, 1.165) is 66.4 Å². The van der Waals surface area contributed by atoms with Gasteiger partial charge in [-0.05, 0) is 100 Å². The molecule has 1 unspecified atom stereocenters. The minimum absolute atomic E-state index is 0.0198. The first-order valence-electron chi connectivity index (χ1n) is 19.0. The van der Waals surface area contributed by atoms with Crippen molar-refractivity contribution >= 4 is 62.6 Å². The molecule has 0 bridgehead atoms. The van der Waals surface area contributed by atoms with Gasteiger partial charge in [-0.1, -0.05) is 59.6 Å². The zero-order chi connectivity index (χ0) is 40.3. The molecule has 57 heavy (non-hydrogen) atoms. The van der Waals surface area contributed by atoms with Crippen molar-refractivity contribution in [3.8, 4) is 22.6 Å². The van der Waals surface area contributed by atoms with Crippen LogP contribution in [0.2, 0.25) is 10.0 Å². The van der Waals surface area contributed by atoms with Crippen molar-refractivity contribution in [1.29, 1.82) is 0 Å². The normalized spacial score (nSPS) is 14.1. The Morgan fingerprint density at radius 1 is 0.947 bits per heavy atom. The van der Waals surface area contributed by atoms with E-state index in [1.165, 1.54) is 0 Å². The zero-order valence-electron chi connectivity index (χ0n) is 32.7. The van der Waals surface area contributed by atoms with Crippen LogP contribution >= 0.6 is 23.2 Å². The number of fused-ring (bicyclic) bond motifs is 4. The summed E-state index contributed by atoms with van der Waals surface area (Å²) in [5, 5.41) is 17.6. The molecule has 1 aliphatic rings. The molecule has 3 aromatic heterocycles. The number of amides is 1.